The Kier molecular flexibility index (Phi) is 69.8. The first-order valence-corrected chi connectivity index (χ1v) is 41.1. The summed E-state index contributed by atoms with van der Waals surface area (Å²) >= 11 is 0. The summed E-state index contributed by atoms with van der Waals surface area (Å²) in [5.41, 5.74) is 0. The lowest BCUT2D eigenvalue weighted by Gasteiger charge is -2.21. The second-order valence-corrected chi connectivity index (χ2v) is 27.9. The summed E-state index contributed by atoms with van der Waals surface area (Å²) in [6.45, 7) is 2.35. The first-order valence-electron chi connectivity index (χ1n) is 38.1. The van der Waals surface area contributed by atoms with Crippen molar-refractivity contribution in [3.63, 3.8) is 0 Å². The molecule has 0 amide bonds. The van der Waals surface area contributed by atoms with Crippen LogP contribution >= 0.6 is 15.6 Å². The molecule has 5 unspecified atom stereocenters. The number of unbranched alkanes of at least 4 members (excludes halogenated alkanes) is 24. The number of phosphoric acid groups is 2. The lowest BCUT2D eigenvalue weighted by atomic mass is 10.0. The highest BCUT2D eigenvalue weighted by atomic mass is 31.2. The highest BCUT2D eigenvalue weighted by molar-refractivity contribution is 7.47. The molecule has 566 valence electrons. The van der Waals surface area contributed by atoms with Crippen molar-refractivity contribution >= 4 is 33.6 Å². The van der Waals surface area contributed by atoms with E-state index < -0.39 is 91.5 Å². The highest BCUT2D eigenvalue weighted by Gasteiger charge is 2.29. The molecule has 0 aliphatic rings. The fourth-order valence-corrected chi connectivity index (χ4v) is 11.4. The minimum atomic E-state index is -4.94. The summed E-state index contributed by atoms with van der Waals surface area (Å²) in [5, 5.41) is 20.6. The number of ether oxygens (including phenoxy) is 3. The van der Waals surface area contributed by atoms with Crippen molar-refractivity contribution in [2.24, 2.45) is 0 Å². The lowest BCUT2D eigenvalue weighted by molar-refractivity contribution is -0.161. The van der Waals surface area contributed by atoms with E-state index >= 15 is 0 Å². The zero-order chi connectivity index (χ0) is 72.3. The number of phosphoric ester groups is 2. The minimum absolute atomic E-state index is 0.0796. The van der Waals surface area contributed by atoms with Crippen LogP contribution in [-0.2, 0) is 55.8 Å². The number of carbonyl (C=O) groups is 3. The van der Waals surface area contributed by atoms with Gasteiger partial charge in [-0.05, 0) is 135 Å². The number of rotatable bonds is 71. The normalized spacial score (nSPS) is 14.9. The van der Waals surface area contributed by atoms with Crippen molar-refractivity contribution in [3.05, 3.63) is 146 Å². The van der Waals surface area contributed by atoms with E-state index in [0.29, 0.717) is 25.7 Å². The molecular formula is C81H136O16P2. The van der Waals surface area contributed by atoms with Crippen molar-refractivity contribution in [2.75, 3.05) is 39.6 Å². The van der Waals surface area contributed by atoms with E-state index in [1.807, 2.05) is 12.2 Å². The Hall–Kier alpha value is -4.57. The second kappa shape index (κ2) is 73.2. The maximum atomic E-state index is 12.9. The molecule has 4 N–H and O–H groups in total. The van der Waals surface area contributed by atoms with E-state index in [-0.39, 0.29) is 19.3 Å². The number of hydrogen-bond donors (Lipinski definition) is 4. The predicted molar refractivity (Wildman–Crippen MR) is 408 cm³/mol. The Labute approximate surface area is 600 Å². The largest absolute Gasteiger partial charge is 0.472 e. The third-order valence-corrected chi connectivity index (χ3v) is 17.4. The van der Waals surface area contributed by atoms with E-state index in [0.717, 1.165) is 135 Å². The van der Waals surface area contributed by atoms with Crippen LogP contribution in [0.15, 0.2) is 146 Å². The van der Waals surface area contributed by atoms with Crippen LogP contribution in [0.3, 0.4) is 0 Å². The number of aliphatic hydroxyl groups is 2. The van der Waals surface area contributed by atoms with Crippen LogP contribution in [0.25, 0.3) is 0 Å². The molecule has 0 saturated carbocycles. The van der Waals surface area contributed by atoms with Gasteiger partial charge in [-0.1, -0.05) is 282 Å². The summed E-state index contributed by atoms with van der Waals surface area (Å²) in [6.07, 6.45) is 89.3. The first-order chi connectivity index (χ1) is 48.2. The Morgan fingerprint density at radius 1 is 0.293 bits per heavy atom. The van der Waals surface area contributed by atoms with E-state index in [1.165, 1.54) is 89.9 Å². The van der Waals surface area contributed by atoms with E-state index in [9.17, 15) is 43.5 Å². The summed E-state index contributed by atoms with van der Waals surface area (Å²) in [7, 11) is -9.80. The van der Waals surface area contributed by atoms with Crippen LogP contribution in [0.2, 0.25) is 0 Å². The van der Waals surface area contributed by atoms with Gasteiger partial charge in [0.15, 0.2) is 6.10 Å². The van der Waals surface area contributed by atoms with Gasteiger partial charge in [0, 0.05) is 19.3 Å². The highest BCUT2D eigenvalue weighted by Crippen LogP contribution is 2.45. The molecule has 0 aliphatic carbocycles. The number of esters is 3. The standard InChI is InChI=1S/C81H136O16P2/c1-4-7-10-13-16-19-22-25-27-29-30-31-32-33-34-35-36-37-38-39-40-41-42-43-44-46-48-50-52-55-58-61-64-67-79(84)91-70-76(82)71-93-98(87,88)94-72-77(83)73-95-99(89,90)96-75-78(97-81(86)69-66-63-60-57-54-49-24-21-18-15-12-9-6-3)74-92-80(85)68-65-62-59-56-53-51-47-45-28-26-23-20-17-14-11-8-5-2/h7-8,10-11,16-17,19-21,24-28,30-31,33-34,36-37,47,51,56,59,76-78,82-83H,4-6,9,12-15,18,22-23,29,32,35,38-46,48-50,52-55,57-58,60-75H2,1-3H3,(H,87,88)(H,89,90)/b10-7-,11-8-,19-16-,20-17-,24-21-,27-25-,28-26-,31-30-,34-33-,37-36-,51-47-,59-56-. The minimum Gasteiger partial charge on any atom is -0.463 e. The third kappa shape index (κ3) is 74.4. The topological polar surface area (TPSA) is 231 Å². The van der Waals surface area contributed by atoms with Crippen molar-refractivity contribution in [1.82, 2.24) is 0 Å². The maximum Gasteiger partial charge on any atom is 0.472 e. The van der Waals surface area contributed by atoms with Crippen LogP contribution in [0.1, 0.15) is 290 Å². The Morgan fingerprint density at radius 2 is 0.545 bits per heavy atom. The predicted octanol–water partition coefficient (Wildman–Crippen LogP) is 22.1. The van der Waals surface area contributed by atoms with Gasteiger partial charge in [0.05, 0.1) is 26.4 Å². The Balaban J connectivity index is 4.44. The molecule has 0 radical (unpaired) electrons. The molecule has 0 aliphatic heterocycles. The van der Waals surface area contributed by atoms with Gasteiger partial charge >= 0.3 is 33.6 Å². The molecule has 0 rings (SSSR count). The maximum absolute atomic E-state index is 12.9. The van der Waals surface area contributed by atoms with Gasteiger partial charge in [-0.15, -0.1) is 0 Å². The van der Waals surface area contributed by atoms with Crippen molar-refractivity contribution in [1.29, 1.82) is 0 Å². The zero-order valence-corrected chi connectivity index (χ0v) is 63.4. The summed E-state index contributed by atoms with van der Waals surface area (Å²) < 4.78 is 60.9. The molecule has 99 heavy (non-hydrogen) atoms. The van der Waals surface area contributed by atoms with Crippen molar-refractivity contribution in [3.8, 4) is 0 Å². The zero-order valence-electron chi connectivity index (χ0n) is 61.6. The van der Waals surface area contributed by atoms with Gasteiger partial charge in [0.25, 0.3) is 0 Å². The van der Waals surface area contributed by atoms with Gasteiger partial charge in [0.2, 0.25) is 0 Å². The number of hydrogen-bond acceptors (Lipinski definition) is 14. The third-order valence-electron chi connectivity index (χ3n) is 15.5. The second-order valence-electron chi connectivity index (χ2n) is 25.0. The number of carbonyl (C=O) groups excluding carboxylic acids is 3. The van der Waals surface area contributed by atoms with Gasteiger partial charge in [-0.3, -0.25) is 32.5 Å². The van der Waals surface area contributed by atoms with Crippen molar-refractivity contribution in [2.45, 2.75) is 309 Å². The van der Waals surface area contributed by atoms with Crippen LogP contribution in [0, 0.1) is 0 Å². The molecule has 0 heterocycles. The molecule has 18 heteroatoms. The van der Waals surface area contributed by atoms with Crippen LogP contribution < -0.4 is 0 Å². The molecule has 0 fully saturated rings. The van der Waals surface area contributed by atoms with Gasteiger partial charge in [0.1, 0.15) is 25.4 Å². The SMILES string of the molecule is CC/C=C\C/C=C\C/C=C\C/C=C\C/C=C\C/C=C\CCCCCCCCCCCCCCCCC(=O)OCC(O)COP(=O)(O)OCC(O)COP(=O)(O)OCC(COC(=O)CCC/C=C\C/C=C\C/C=C\C/C=C\C/C=C\CC)OC(=O)CCCCCCC/C=C\CCCCCC. The molecule has 16 nitrogen and oxygen atoms in total. The summed E-state index contributed by atoms with van der Waals surface area (Å²) in [5.74, 6) is -1.66. The van der Waals surface area contributed by atoms with Crippen LogP contribution in [0.5, 0.6) is 0 Å². The van der Waals surface area contributed by atoms with Gasteiger partial charge in [-0.2, -0.15) is 0 Å². The smallest absolute Gasteiger partial charge is 0.463 e. The Morgan fingerprint density at radius 3 is 0.899 bits per heavy atom. The molecule has 0 aromatic rings. The van der Waals surface area contributed by atoms with Crippen molar-refractivity contribution < 1.29 is 75.8 Å². The average molecular weight is 1430 g/mol. The van der Waals surface area contributed by atoms with E-state index in [4.69, 9.17) is 32.3 Å². The fourth-order valence-electron chi connectivity index (χ4n) is 9.78. The summed E-state index contributed by atoms with van der Waals surface area (Å²) in [4.78, 5) is 58.4. The summed E-state index contributed by atoms with van der Waals surface area (Å²) in [6, 6.07) is 0. The molecule has 0 aromatic heterocycles. The van der Waals surface area contributed by atoms with Crippen LogP contribution in [0.4, 0.5) is 0 Å². The molecule has 0 spiro atoms. The Bertz CT molecular complexity index is 2380. The van der Waals surface area contributed by atoms with E-state index in [1.54, 1.807) is 0 Å². The average Bonchev–Trinajstić information content (AvgIpc) is 1.38. The molecule has 5 atom stereocenters. The first kappa shape index (κ1) is 94.4. The monoisotopic (exact) mass is 1430 g/mol. The number of allylic oxidation sites excluding steroid dienone is 24. The molecule has 0 bridgehead atoms. The molecule has 0 aromatic carbocycles. The lowest BCUT2D eigenvalue weighted by Crippen LogP contribution is -2.30. The van der Waals surface area contributed by atoms with E-state index in [2.05, 4.69) is 154 Å². The molecule has 0 saturated heterocycles. The molecular weight excluding hydrogens is 1290 g/mol. The van der Waals surface area contributed by atoms with Gasteiger partial charge in [-0.25, -0.2) is 9.13 Å². The van der Waals surface area contributed by atoms with Gasteiger partial charge < -0.3 is 34.2 Å². The fraction of sp³-hybridized carbons (Fsp3) is 0.667. The number of aliphatic hydroxyl groups excluding tert-OH is 2. The van der Waals surface area contributed by atoms with Crippen LogP contribution in [-0.4, -0.2) is 95.9 Å². The quantitative estimate of drug-likeness (QED) is 0.0146.